The van der Waals surface area contributed by atoms with Gasteiger partial charge in [0, 0.05) is 24.7 Å². The van der Waals surface area contributed by atoms with Crippen molar-refractivity contribution in [2.75, 3.05) is 29.9 Å². The van der Waals surface area contributed by atoms with Gasteiger partial charge in [0.1, 0.15) is 6.33 Å². The smallest absolute Gasteiger partial charge is 0.353 e. The molecular weight excluding hydrogens is 336 g/mol. The van der Waals surface area contributed by atoms with Crippen LogP contribution in [-0.4, -0.2) is 44.7 Å². The van der Waals surface area contributed by atoms with Crippen LogP contribution < -0.4 is 10.2 Å². The van der Waals surface area contributed by atoms with Crippen molar-refractivity contribution >= 4 is 33.9 Å². The highest BCUT2D eigenvalue weighted by Crippen LogP contribution is 2.34. The number of para-hydroxylation sites is 1. The molecule has 0 saturated heterocycles. The van der Waals surface area contributed by atoms with Crippen LogP contribution in [0.1, 0.15) is 6.92 Å². The van der Waals surface area contributed by atoms with Crippen molar-refractivity contribution < 1.29 is 10.0 Å². The summed E-state index contributed by atoms with van der Waals surface area (Å²) in [5.74, 6) is 0.242. The zero-order valence-electron chi connectivity index (χ0n) is 14.2. The van der Waals surface area contributed by atoms with Crippen LogP contribution in [0.2, 0.25) is 0 Å². The normalized spacial score (nSPS) is 10.7. The summed E-state index contributed by atoms with van der Waals surface area (Å²) in [4.78, 5) is 25.3. The molecule has 2 aromatic heterocycles. The highest BCUT2D eigenvalue weighted by molar-refractivity contribution is 5.92. The maximum Gasteiger partial charge on any atom is 0.353 e. The predicted octanol–water partition coefficient (Wildman–Crippen LogP) is 2.50. The summed E-state index contributed by atoms with van der Waals surface area (Å²) in [6.07, 6.45) is 2.93. The monoisotopic (exact) mass is 354 g/mol. The number of benzene rings is 1. The van der Waals surface area contributed by atoms with E-state index >= 15 is 0 Å². The maximum atomic E-state index is 11.7. The molecule has 0 saturated carbocycles. The highest BCUT2D eigenvalue weighted by atomic mass is 16.6. The Morgan fingerprint density at radius 1 is 1.23 bits per heavy atom. The number of nitrogens with zero attached hydrogens (tertiary/aromatic N) is 5. The fraction of sp³-hybridized carbons (Fsp3) is 0.235. The summed E-state index contributed by atoms with van der Waals surface area (Å²) in [6, 6.07) is 9.27. The van der Waals surface area contributed by atoms with Gasteiger partial charge in [-0.2, -0.15) is 0 Å². The van der Waals surface area contributed by atoms with Gasteiger partial charge in [-0.15, -0.1) is 0 Å². The van der Waals surface area contributed by atoms with Crippen LogP contribution in [0.4, 0.5) is 23.0 Å². The number of fused-ring (bicyclic) bond motifs is 1. The molecule has 134 valence electrons. The van der Waals surface area contributed by atoms with Crippen molar-refractivity contribution in [3.8, 4) is 0 Å². The molecule has 0 radical (unpaired) electrons. The van der Waals surface area contributed by atoms with E-state index in [9.17, 15) is 15.2 Å². The molecule has 0 fully saturated rings. The first kappa shape index (κ1) is 17.5. The van der Waals surface area contributed by atoms with Gasteiger partial charge in [-0.05, 0) is 19.1 Å². The highest BCUT2D eigenvalue weighted by Gasteiger charge is 2.26. The molecule has 0 bridgehead atoms. The molecule has 2 N–H and O–H groups in total. The molecule has 26 heavy (non-hydrogen) atoms. The first-order valence-electron chi connectivity index (χ1n) is 8.11. The number of aromatic nitrogens is 3. The second-order valence-electron chi connectivity index (χ2n) is 5.46. The zero-order valence-corrected chi connectivity index (χ0v) is 14.2. The lowest BCUT2D eigenvalue weighted by molar-refractivity contribution is -0.383. The third-order valence-electron chi connectivity index (χ3n) is 3.92. The van der Waals surface area contributed by atoms with Crippen molar-refractivity contribution in [2.24, 2.45) is 0 Å². The molecule has 0 aliphatic carbocycles. The van der Waals surface area contributed by atoms with Crippen molar-refractivity contribution in [1.29, 1.82) is 0 Å². The summed E-state index contributed by atoms with van der Waals surface area (Å²) in [5, 5.41) is 24.8. The van der Waals surface area contributed by atoms with Crippen molar-refractivity contribution in [1.82, 2.24) is 15.0 Å². The Kier molecular flexibility index (Phi) is 5.18. The van der Waals surface area contributed by atoms with E-state index < -0.39 is 4.92 Å². The zero-order chi connectivity index (χ0) is 18.5. The Morgan fingerprint density at radius 2 is 2.04 bits per heavy atom. The topological polar surface area (TPSA) is 117 Å². The Hall–Kier alpha value is -3.33. The van der Waals surface area contributed by atoms with Crippen molar-refractivity contribution in [3.05, 3.63) is 53.0 Å². The molecule has 3 aromatic rings. The molecule has 0 spiro atoms. The first-order valence-corrected chi connectivity index (χ1v) is 8.11. The van der Waals surface area contributed by atoms with Gasteiger partial charge in [-0.25, -0.2) is 9.97 Å². The molecule has 0 unspecified atom stereocenters. The number of hydrogen-bond acceptors (Lipinski definition) is 8. The number of aliphatic hydroxyl groups excluding tert-OH is 1. The molecule has 2 heterocycles. The van der Waals surface area contributed by atoms with Gasteiger partial charge >= 0.3 is 5.69 Å². The van der Waals surface area contributed by atoms with E-state index in [4.69, 9.17) is 0 Å². The molecule has 0 atom stereocenters. The summed E-state index contributed by atoms with van der Waals surface area (Å²) < 4.78 is 0. The fourth-order valence-electron chi connectivity index (χ4n) is 2.73. The largest absolute Gasteiger partial charge is 0.395 e. The standard InChI is InChI=1S/C17H18N6O3/c1-2-22(9-10-24)17-15(23(25)26)16(19-11-20-17)21-13-7-3-5-12-6-4-8-18-14(12)13/h3-8,11,24H,2,9-10H2,1H3,(H,19,20,21). The van der Waals surface area contributed by atoms with Crippen LogP contribution in [-0.2, 0) is 0 Å². The SMILES string of the molecule is CCN(CCO)c1ncnc(Nc2cccc3cccnc23)c1[N+](=O)[O-]. The van der Waals surface area contributed by atoms with Crippen LogP contribution in [0.3, 0.4) is 0 Å². The van der Waals surface area contributed by atoms with Gasteiger partial charge < -0.3 is 15.3 Å². The third-order valence-corrected chi connectivity index (χ3v) is 3.92. The second-order valence-corrected chi connectivity index (χ2v) is 5.46. The maximum absolute atomic E-state index is 11.7. The van der Waals surface area contributed by atoms with Crippen molar-refractivity contribution in [3.63, 3.8) is 0 Å². The lowest BCUT2D eigenvalue weighted by atomic mass is 10.2. The molecular formula is C17H18N6O3. The Morgan fingerprint density at radius 3 is 2.77 bits per heavy atom. The van der Waals surface area contributed by atoms with Gasteiger partial charge in [-0.3, -0.25) is 15.1 Å². The molecule has 0 amide bonds. The van der Waals surface area contributed by atoms with Gasteiger partial charge in [0.25, 0.3) is 0 Å². The fourth-order valence-corrected chi connectivity index (χ4v) is 2.73. The van der Waals surface area contributed by atoms with E-state index in [0.29, 0.717) is 17.7 Å². The molecule has 0 aliphatic heterocycles. The number of likely N-dealkylation sites (N-methyl/N-ethyl adjacent to an activating group) is 1. The number of nitrogens with one attached hydrogen (secondary N) is 1. The quantitative estimate of drug-likeness (QED) is 0.491. The molecule has 3 rings (SSSR count). The predicted molar refractivity (Wildman–Crippen MR) is 98.7 cm³/mol. The van der Waals surface area contributed by atoms with Crippen LogP contribution >= 0.6 is 0 Å². The van der Waals surface area contributed by atoms with Gasteiger partial charge in [-0.1, -0.05) is 18.2 Å². The Bertz CT molecular complexity index is 928. The second kappa shape index (κ2) is 7.70. The molecule has 9 heteroatoms. The average Bonchev–Trinajstić information content (AvgIpc) is 2.66. The van der Waals surface area contributed by atoms with Crippen LogP contribution in [0.25, 0.3) is 10.9 Å². The average molecular weight is 354 g/mol. The van der Waals surface area contributed by atoms with E-state index in [1.165, 1.54) is 6.33 Å². The van der Waals surface area contributed by atoms with E-state index in [1.54, 1.807) is 17.2 Å². The lowest BCUT2D eigenvalue weighted by Crippen LogP contribution is -2.28. The summed E-state index contributed by atoms with van der Waals surface area (Å²) in [5.41, 5.74) is 1.06. The van der Waals surface area contributed by atoms with E-state index in [1.807, 2.05) is 31.2 Å². The van der Waals surface area contributed by atoms with Gasteiger partial charge in [0.2, 0.25) is 11.6 Å². The Labute approximate surface area is 149 Å². The number of aliphatic hydroxyl groups is 1. The summed E-state index contributed by atoms with van der Waals surface area (Å²) in [6.45, 7) is 2.41. The Balaban J connectivity index is 2.08. The van der Waals surface area contributed by atoms with E-state index in [2.05, 4.69) is 20.3 Å². The van der Waals surface area contributed by atoms with E-state index in [-0.39, 0.29) is 30.5 Å². The minimum Gasteiger partial charge on any atom is -0.395 e. The minimum atomic E-state index is -0.518. The van der Waals surface area contributed by atoms with Gasteiger partial charge in [0.15, 0.2) is 0 Å². The van der Waals surface area contributed by atoms with Crippen LogP contribution in [0.15, 0.2) is 42.9 Å². The number of nitro groups is 1. The minimum absolute atomic E-state index is 0.0783. The third kappa shape index (κ3) is 3.38. The molecule has 0 aliphatic rings. The van der Waals surface area contributed by atoms with Crippen LogP contribution in [0, 0.1) is 10.1 Å². The first-order chi connectivity index (χ1) is 12.7. The van der Waals surface area contributed by atoms with Crippen LogP contribution in [0.5, 0.6) is 0 Å². The molecule has 1 aromatic carbocycles. The summed E-state index contributed by atoms with van der Waals surface area (Å²) >= 11 is 0. The van der Waals surface area contributed by atoms with E-state index in [0.717, 1.165) is 5.39 Å². The van der Waals surface area contributed by atoms with Crippen molar-refractivity contribution in [2.45, 2.75) is 6.92 Å². The van der Waals surface area contributed by atoms with Gasteiger partial charge in [0.05, 0.1) is 22.7 Å². The number of anilines is 3. The number of pyridine rings is 1. The molecule has 9 nitrogen and oxygen atoms in total. The summed E-state index contributed by atoms with van der Waals surface area (Å²) in [7, 11) is 0. The number of rotatable bonds is 7. The lowest BCUT2D eigenvalue weighted by Gasteiger charge is -2.21. The number of hydrogen-bond donors (Lipinski definition) is 2.